The maximum atomic E-state index is 13.1. The van der Waals surface area contributed by atoms with Gasteiger partial charge in [0.15, 0.2) is 0 Å². The first kappa shape index (κ1) is 17.8. The standard InChI is InChI=1S/C21H17ClN2O2S/c1-26-17-8-2-14(3-9-17)10-11-24-13-23-20-19(21(24)25)18(12-27-20)15-4-6-16(22)7-5-15/h2-9,12-13H,10-11H2,1H3. The molecule has 2 heterocycles. The number of nitrogens with zero attached hydrogens (tertiary/aromatic N) is 2. The largest absolute Gasteiger partial charge is 0.497 e. The predicted octanol–water partition coefficient (Wildman–Crippen LogP) is 5.03. The second kappa shape index (κ2) is 7.55. The molecule has 4 nitrogen and oxygen atoms in total. The number of methoxy groups -OCH3 is 1. The first-order chi connectivity index (χ1) is 13.2. The molecule has 27 heavy (non-hydrogen) atoms. The van der Waals surface area contributed by atoms with Gasteiger partial charge in [-0.25, -0.2) is 4.98 Å². The summed E-state index contributed by atoms with van der Waals surface area (Å²) in [4.78, 5) is 18.3. The van der Waals surface area contributed by atoms with Crippen molar-refractivity contribution in [1.29, 1.82) is 0 Å². The minimum atomic E-state index is -0.0142. The molecule has 0 aliphatic carbocycles. The van der Waals surface area contributed by atoms with Crippen molar-refractivity contribution in [2.45, 2.75) is 13.0 Å². The number of aromatic nitrogens is 2. The van der Waals surface area contributed by atoms with Crippen LogP contribution in [0.2, 0.25) is 5.02 Å². The van der Waals surface area contributed by atoms with Crippen molar-refractivity contribution < 1.29 is 4.74 Å². The normalized spacial score (nSPS) is 11.0. The second-order valence-electron chi connectivity index (χ2n) is 6.18. The van der Waals surface area contributed by atoms with E-state index in [0.717, 1.165) is 33.7 Å². The quantitative estimate of drug-likeness (QED) is 0.475. The van der Waals surface area contributed by atoms with Gasteiger partial charge in [0.05, 0.1) is 18.8 Å². The van der Waals surface area contributed by atoms with E-state index in [1.807, 2.05) is 53.9 Å². The number of ether oxygens (including phenoxy) is 1. The molecule has 0 fully saturated rings. The van der Waals surface area contributed by atoms with Crippen molar-refractivity contribution in [3.05, 3.63) is 81.2 Å². The first-order valence-electron chi connectivity index (χ1n) is 8.51. The van der Waals surface area contributed by atoms with Gasteiger partial charge in [-0.05, 0) is 41.8 Å². The summed E-state index contributed by atoms with van der Waals surface area (Å²) in [5.74, 6) is 0.824. The fourth-order valence-electron chi connectivity index (χ4n) is 3.01. The van der Waals surface area contributed by atoms with Gasteiger partial charge >= 0.3 is 0 Å². The van der Waals surface area contributed by atoms with Crippen LogP contribution in [0.15, 0.2) is 65.0 Å². The van der Waals surface area contributed by atoms with Gasteiger partial charge in [0, 0.05) is 22.5 Å². The summed E-state index contributed by atoms with van der Waals surface area (Å²) >= 11 is 7.47. The molecule has 2 aromatic heterocycles. The van der Waals surface area contributed by atoms with Gasteiger partial charge in [-0.2, -0.15) is 0 Å². The molecule has 0 amide bonds. The third kappa shape index (κ3) is 3.61. The predicted molar refractivity (Wildman–Crippen MR) is 111 cm³/mol. The summed E-state index contributed by atoms with van der Waals surface area (Å²) in [6.07, 6.45) is 2.38. The highest BCUT2D eigenvalue weighted by atomic mass is 35.5. The fourth-order valence-corrected chi connectivity index (χ4v) is 4.04. The number of aryl methyl sites for hydroxylation is 2. The van der Waals surface area contributed by atoms with Crippen LogP contribution < -0.4 is 10.3 Å². The van der Waals surface area contributed by atoms with Gasteiger partial charge in [0.1, 0.15) is 10.6 Å². The van der Waals surface area contributed by atoms with E-state index in [4.69, 9.17) is 16.3 Å². The van der Waals surface area contributed by atoms with Gasteiger partial charge < -0.3 is 4.74 Å². The Hall–Kier alpha value is -2.63. The van der Waals surface area contributed by atoms with Crippen molar-refractivity contribution in [2.24, 2.45) is 0 Å². The number of hydrogen-bond donors (Lipinski definition) is 0. The molecule has 0 spiro atoms. The Kier molecular flexibility index (Phi) is 4.97. The van der Waals surface area contributed by atoms with Crippen LogP contribution in [0.5, 0.6) is 5.75 Å². The molecule has 0 aliphatic heterocycles. The average molecular weight is 397 g/mol. The van der Waals surface area contributed by atoms with E-state index in [9.17, 15) is 4.79 Å². The molecule has 136 valence electrons. The van der Waals surface area contributed by atoms with Gasteiger partial charge in [-0.1, -0.05) is 35.9 Å². The second-order valence-corrected chi connectivity index (χ2v) is 7.47. The number of benzene rings is 2. The lowest BCUT2D eigenvalue weighted by molar-refractivity contribution is 0.414. The van der Waals surface area contributed by atoms with Gasteiger partial charge in [-0.3, -0.25) is 9.36 Å². The summed E-state index contributed by atoms with van der Waals surface area (Å²) < 4.78 is 6.86. The topological polar surface area (TPSA) is 44.1 Å². The zero-order valence-corrected chi connectivity index (χ0v) is 16.3. The van der Waals surface area contributed by atoms with Crippen LogP contribution in [-0.2, 0) is 13.0 Å². The molecule has 0 bridgehead atoms. The summed E-state index contributed by atoms with van der Waals surface area (Å²) in [7, 11) is 1.65. The van der Waals surface area contributed by atoms with Crippen LogP contribution in [0.4, 0.5) is 0 Å². The Balaban J connectivity index is 1.65. The zero-order chi connectivity index (χ0) is 18.8. The van der Waals surface area contributed by atoms with Crippen molar-refractivity contribution in [2.75, 3.05) is 7.11 Å². The van der Waals surface area contributed by atoms with Crippen LogP contribution >= 0.6 is 22.9 Å². The lowest BCUT2D eigenvalue weighted by Gasteiger charge is -2.07. The number of fused-ring (bicyclic) bond motifs is 1. The minimum absolute atomic E-state index is 0.0142. The van der Waals surface area contributed by atoms with Crippen molar-refractivity contribution in [1.82, 2.24) is 9.55 Å². The SMILES string of the molecule is COc1ccc(CCn2cnc3scc(-c4ccc(Cl)cc4)c3c2=O)cc1. The molecule has 4 aromatic rings. The van der Waals surface area contributed by atoms with Gasteiger partial charge in [0.25, 0.3) is 5.56 Å². The molecule has 0 N–H and O–H groups in total. The smallest absolute Gasteiger partial charge is 0.262 e. The van der Waals surface area contributed by atoms with E-state index in [1.165, 1.54) is 11.3 Å². The van der Waals surface area contributed by atoms with Crippen LogP contribution in [0.3, 0.4) is 0 Å². The fraction of sp³-hybridized carbons (Fsp3) is 0.143. The highest BCUT2D eigenvalue weighted by Gasteiger charge is 2.13. The third-order valence-electron chi connectivity index (χ3n) is 4.52. The molecule has 0 radical (unpaired) electrons. The molecular formula is C21H17ClN2O2S. The highest BCUT2D eigenvalue weighted by Crippen LogP contribution is 2.31. The number of hydrogen-bond acceptors (Lipinski definition) is 4. The number of rotatable bonds is 5. The molecule has 2 aromatic carbocycles. The molecule has 4 rings (SSSR count). The molecule has 0 atom stereocenters. The maximum absolute atomic E-state index is 13.1. The monoisotopic (exact) mass is 396 g/mol. The average Bonchev–Trinajstić information content (AvgIpc) is 3.13. The lowest BCUT2D eigenvalue weighted by Crippen LogP contribution is -2.21. The van der Waals surface area contributed by atoms with Crippen molar-refractivity contribution in [3.63, 3.8) is 0 Å². The minimum Gasteiger partial charge on any atom is -0.497 e. The Morgan fingerprint density at radius 1 is 1.11 bits per heavy atom. The first-order valence-corrected chi connectivity index (χ1v) is 9.77. The van der Waals surface area contributed by atoms with Crippen LogP contribution in [0.25, 0.3) is 21.3 Å². The molecular weight excluding hydrogens is 380 g/mol. The van der Waals surface area contributed by atoms with E-state index < -0.39 is 0 Å². The maximum Gasteiger partial charge on any atom is 0.262 e. The lowest BCUT2D eigenvalue weighted by atomic mass is 10.1. The Morgan fingerprint density at radius 2 is 1.85 bits per heavy atom. The zero-order valence-electron chi connectivity index (χ0n) is 14.7. The molecule has 0 saturated carbocycles. The summed E-state index contributed by atoms with van der Waals surface area (Å²) in [6, 6.07) is 15.4. The third-order valence-corrected chi connectivity index (χ3v) is 5.65. The van der Waals surface area contributed by atoms with Crippen LogP contribution in [0, 0.1) is 0 Å². The van der Waals surface area contributed by atoms with E-state index in [0.29, 0.717) is 17.0 Å². The van der Waals surface area contributed by atoms with E-state index in [1.54, 1.807) is 18.0 Å². The number of halogens is 1. The molecule has 6 heteroatoms. The molecule has 0 saturated heterocycles. The van der Waals surface area contributed by atoms with Crippen LogP contribution in [0.1, 0.15) is 5.56 Å². The highest BCUT2D eigenvalue weighted by molar-refractivity contribution is 7.17. The van der Waals surface area contributed by atoms with Crippen molar-refractivity contribution in [3.8, 4) is 16.9 Å². The summed E-state index contributed by atoms with van der Waals surface area (Å²) in [5, 5.41) is 3.32. The summed E-state index contributed by atoms with van der Waals surface area (Å²) in [6.45, 7) is 0.573. The Bertz CT molecular complexity index is 1130. The van der Waals surface area contributed by atoms with E-state index in [2.05, 4.69) is 4.98 Å². The Morgan fingerprint density at radius 3 is 2.56 bits per heavy atom. The molecule has 0 unspecified atom stereocenters. The number of thiophene rings is 1. The summed E-state index contributed by atoms with van der Waals surface area (Å²) in [5.41, 5.74) is 3.01. The van der Waals surface area contributed by atoms with Gasteiger partial charge in [-0.15, -0.1) is 11.3 Å². The van der Waals surface area contributed by atoms with E-state index >= 15 is 0 Å². The van der Waals surface area contributed by atoms with Crippen LogP contribution in [-0.4, -0.2) is 16.7 Å². The van der Waals surface area contributed by atoms with Gasteiger partial charge in [0.2, 0.25) is 0 Å². The van der Waals surface area contributed by atoms with Crippen molar-refractivity contribution >= 4 is 33.2 Å². The van der Waals surface area contributed by atoms with E-state index in [-0.39, 0.29) is 5.56 Å². The Labute approximate surface area is 165 Å². The molecule has 0 aliphatic rings.